The summed E-state index contributed by atoms with van der Waals surface area (Å²) in [5.74, 6) is 0.0855. The van der Waals surface area contributed by atoms with Crippen molar-refractivity contribution < 1.29 is 24.2 Å². The molecule has 168 valence electrons. The summed E-state index contributed by atoms with van der Waals surface area (Å²) in [6, 6.07) is 15.1. The number of carbonyl (C=O) groups is 2. The first-order chi connectivity index (χ1) is 15.5. The van der Waals surface area contributed by atoms with E-state index in [0.29, 0.717) is 12.3 Å². The number of alkyl carbamates (subject to hydrolysis) is 1. The highest BCUT2D eigenvalue weighted by Crippen LogP contribution is 2.13. The molecular formula is C21H24N6O5. The van der Waals surface area contributed by atoms with E-state index >= 15 is 0 Å². The van der Waals surface area contributed by atoms with Gasteiger partial charge in [0.05, 0.1) is 19.8 Å². The van der Waals surface area contributed by atoms with E-state index in [1.165, 1.54) is 11.6 Å². The van der Waals surface area contributed by atoms with Gasteiger partial charge in [0.1, 0.15) is 18.4 Å². The first-order valence-electron chi connectivity index (χ1n) is 9.81. The van der Waals surface area contributed by atoms with E-state index in [9.17, 15) is 14.7 Å². The number of aliphatic hydroxyl groups excluding tert-OH is 1. The van der Waals surface area contributed by atoms with E-state index in [1.54, 1.807) is 31.4 Å². The topological polar surface area (TPSA) is 140 Å². The van der Waals surface area contributed by atoms with Gasteiger partial charge in [-0.3, -0.25) is 10.1 Å². The lowest BCUT2D eigenvalue weighted by molar-refractivity contribution is -0.120. The summed E-state index contributed by atoms with van der Waals surface area (Å²) >= 11 is 0. The maximum atomic E-state index is 12.7. The van der Waals surface area contributed by atoms with Gasteiger partial charge in [-0.1, -0.05) is 47.6 Å². The molecular weight excluding hydrogens is 416 g/mol. The molecule has 0 aliphatic carbocycles. The summed E-state index contributed by atoms with van der Waals surface area (Å²) < 4.78 is 11.6. The van der Waals surface area contributed by atoms with Crippen molar-refractivity contribution in [3.05, 3.63) is 65.7 Å². The number of nitrogens with zero attached hydrogens (tertiary/aromatic N) is 4. The predicted octanol–water partition coefficient (Wildman–Crippen LogP) is 1.34. The van der Waals surface area contributed by atoms with Gasteiger partial charge in [-0.2, -0.15) is 0 Å². The Morgan fingerprint density at radius 1 is 1.09 bits per heavy atom. The maximum absolute atomic E-state index is 12.7. The van der Waals surface area contributed by atoms with Gasteiger partial charge < -0.3 is 19.9 Å². The summed E-state index contributed by atoms with van der Waals surface area (Å²) in [5.41, 5.74) is 1.67. The molecule has 32 heavy (non-hydrogen) atoms. The van der Waals surface area contributed by atoms with Crippen molar-refractivity contribution in [3.63, 3.8) is 0 Å². The van der Waals surface area contributed by atoms with Gasteiger partial charge in [-0.25, -0.2) is 9.48 Å². The number of methoxy groups -OCH3 is 1. The predicted molar refractivity (Wildman–Crippen MR) is 114 cm³/mol. The van der Waals surface area contributed by atoms with Gasteiger partial charge in [-0.05, 0) is 40.6 Å². The number of aliphatic hydroxyl groups is 1. The van der Waals surface area contributed by atoms with E-state index in [-0.39, 0.29) is 12.6 Å². The third kappa shape index (κ3) is 6.25. The Balaban J connectivity index is 1.59. The molecule has 0 aliphatic heterocycles. The number of tetrazole rings is 1. The molecule has 2 amide bonds. The van der Waals surface area contributed by atoms with Crippen LogP contribution in [0, 0.1) is 0 Å². The van der Waals surface area contributed by atoms with Crippen molar-refractivity contribution in [1.82, 2.24) is 25.5 Å². The average molecular weight is 440 g/mol. The molecule has 2 aromatic carbocycles. The fourth-order valence-corrected chi connectivity index (χ4v) is 2.79. The van der Waals surface area contributed by atoms with Crippen LogP contribution in [0.5, 0.6) is 5.75 Å². The Bertz CT molecular complexity index is 1020. The first-order valence-corrected chi connectivity index (χ1v) is 9.81. The van der Waals surface area contributed by atoms with Gasteiger partial charge in [0, 0.05) is 0 Å². The second-order valence-electron chi connectivity index (χ2n) is 6.92. The summed E-state index contributed by atoms with van der Waals surface area (Å²) in [5, 5.41) is 26.1. The van der Waals surface area contributed by atoms with Crippen LogP contribution in [0.3, 0.4) is 0 Å². The third-order valence-electron chi connectivity index (χ3n) is 4.51. The third-order valence-corrected chi connectivity index (χ3v) is 4.51. The normalized spacial score (nSPS) is 12.5. The molecule has 1 aromatic heterocycles. The molecule has 0 spiro atoms. The van der Waals surface area contributed by atoms with Gasteiger partial charge in [0.15, 0.2) is 0 Å². The van der Waals surface area contributed by atoms with Crippen LogP contribution < -0.4 is 15.4 Å². The highest BCUT2D eigenvalue weighted by Gasteiger charge is 2.27. The number of benzene rings is 2. The summed E-state index contributed by atoms with van der Waals surface area (Å²) in [6.45, 7) is 1.70. The highest BCUT2D eigenvalue weighted by molar-refractivity contribution is 5.95. The van der Waals surface area contributed by atoms with Crippen LogP contribution in [0.2, 0.25) is 0 Å². The van der Waals surface area contributed by atoms with Crippen LogP contribution in [0.25, 0.3) is 0 Å². The summed E-state index contributed by atoms with van der Waals surface area (Å²) in [4.78, 5) is 24.8. The molecule has 0 fully saturated rings. The quantitative estimate of drug-likeness (QED) is 0.453. The van der Waals surface area contributed by atoms with Crippen LogP contribution >= 0.6 is 0 Å². The Kier molecular flexibility index (Phi) is 7.70. The Hall–Kier alpha value is -3.99. The van der Waals surface area contributed by atoms with Gasteiger partial charge in [0.25, 0.3) is 5.91 Å². The minimum atomic E-state index is -1.27. The van der Waals surface area contributed by atoms with Gasteiger partial charge >= 0.3 is 6.09 Å². The molecule has 11 heteroatoms. The number of hydrogen-bond acceptors (Lipinski definition) is 8. The lowest BCUT2D eigenvalue weighted by atomic mass is 10.1. The number of ether oxygens (including phenoxy) is 2. The number of carbonyl (C=O) groups excluding carboxylic acids is 2. The SMILES string of the molecule is COc1ccc(Cn2nnnc2NC(=O)[C@@H](NC(=O)OCc2ccccc2)[C@H](C)O)cc1. The second kappa shape index (κ2) is 10.9. The lowest BCUT2D eigenvalue weighted by Crippen LogP contribution is -2.50. The molecule has 0 saturated heterocycles. The van der Waals surface area contributed by atoms with E-state index in [2.05, 4.69) is 26.2 Å². The largest absolute Gasteiger partial charge is 0.497 e. The molecule has 1 heterocycles. The molecule has 0 aliphatic rings. The molecule has 0 radical (unpaired) electrons. The molecule has 3 rings (SSSR count). The van der Waals surface area contributed by atoms with Crippen LogP contribution in [-0.4, -0.2) is 56.6 Å². The van der Waals surface area contributed by atoms with Crippen molar-refractivity contribution >= 4 is 17.9 Å². The molecule has 11 nitrogen and oxygen atoms in total. The van der Waals surface area contributed by atoms with Crippen molar-refractivity contribution in [2.75, 3.05) is 12.4 Å². The maximum Gasteiger partial charge on any atom is 0.408 e. The van der Waals surface area contributed by atoms with Crippen LogP contribution in [0.4, 0.5) is 10.7 Å². The average Bonchev–Trinajstić information content (AvgIpc) is 3.23. The highest BCUT2D eigenvalue weighted by atomic mass is 16.5. The lowest BCUT2D eigenvalue weighted by Gasteiger charge is -2.20. The number of hydrogen-bond donors (Lipinski definition) is 3. The van der Waals surface area contributed by atoms with Crippen LogP contribution in [0.15, 0.2) is 54.6 Å². The van der Waals surface area contributed by atoms with Crippen molar-refractivity contribution in [3.8, 4) is 5.75 Å². The van der Waals surface area contributed by atoms with E-state index in [0.717, 1.165) is 11.1 Å². The standard InChI is InChI=1S/C21H24N6O5/c1-14(28)18(22-21(30)32-13-16-6-4-3-5-7-16)19(29)23-20-24-25-26-27(20)12-15-8-10-17(31-2)11-9-15/h3-11,14,18,28H,12-13H2,1-2H3,(H,22,30)(H,23,24,26,29)/t14-,18-/m0/s1. The van der Waals surface area contributed by atoms with E-state index in [1.807, 2.05) is 30.3 Å². The Morgan fingerprint density at radius 2 is 1.81 bits per heavy atom. The smallest absolute Gasteiger partial charge is 0.408 e. The summed E-state index contributed by atoms with van der Waals surface area (Å²) in [7, 11) is 1.58. The number of rotatable bonds is 9. The summed E-state index contributed by atoms with van der Waals surface area (Å²) in [6.07, 6.45) is -2.03. The number of nitrogens with one attached hydrogen (secondary N) is 2. The zero-order valence-corrected chi connectivity index (χ0v) is 17.6. The Labute approximate surface area is 184 Å². The molecule has 0 bridgehead atoms. The van der Waals surface area contributed by atoms with E-state index < -0.39 is 24.1 Å². The minimum Gasteiger partial charge on any atom is -0.497 e. The monoisotopic (exact) mass is 440 g/mol. The molecule has 3 aromatic rings. The zero-order valence-electron chi connectivity index (χ0n) is 17.6. The zero-order chi connectivity index (χ0) is 22.9. The van der Waals surface area contributed by atoms with E-state index in [4.69, 9.17) is 9.47 Å². The van der Waals surface area contributed by atoms with Crippen molar-refractivity contribution in [2.45, 2.75) is 32.2 Å². The molecule has 0 saturated carbocycles. The number of aromatic nitrogens is 4. The molecule has 0 unspecified atom stereocenters. The van der Waals surface area contributed by atoms with Crippen molar-refractivity contribution in [2.24, 2.45) is 0 Å². The fourth-order valence-electron chi connectivity index (χ4n) is 2.79. The van der Waals surface area contributed by atoms with Gasteiger partial charge in [-0.15, -0.1) is 0 Å². The number of anilines is 1. The van der Waals surface area contributed by atoms with Crippen molar-refractivity contribution in [1.29, 1.82) is 0 Å². The van der Waals surface area contributed by atoms with Crippen LogP contribution in [-0.2, 0) is 22.7 Å². The second-order valence-corrected chi connectivity index (χ2v) is 6.92. The fraction of sp³-hybridized carbons (Fsp3) is 0.286. The Morgan fingerprint density at radius 3 is 2.47 bits per heavy atom. The van der Waals surface area contributed by atoms with Crippen LogP contribution in [0.1, 0.15) is 18.1 Å². The molecule has 2 atom stereocenters. The number of amides is 2. The molecule has 3 N–H and O–H groups in total. The van der Waals surface area contributed by atoms with Gasteiger partial charge in [0.2, 0.25) is 5.95 Å². The first kappa shape index (κ1) is 22.7. The minimum absolute atomic E-state index is 0.0287.